The van der Waals surface area contributed by atoms with E-state index in [0.717, 1.165) is 16.7 Å². The molecule has 7 nitrogen and oxygen atoms in total. The number of benzene rings is 2. The average molecular weight is 421 g/mol. The van der Waals surface area contributed by atoms with E-state index in [4.69, 9.17) is 0 Å². The Morgan fingerprint density at radius 2 is 1.66 bits per heavy atom. The molecule has 0 atom stereocenters. The molecule has 0 aliphatic heterocycles. The number of rotatable bonds is 9. The van der Waals surface area contributed by atoms with E-state index in [2.05, 4.69) is 15.4 Å². The minimum absolute atomic E-state index is 0.0727. The maximum Gasteiger partial charge on any atom is 0.241 e. The van der Waals surface area contributed by atoms with Crippen molar-refractivity contribution in [1.29, 1.82) is 0 Å². The lowest BCUT2D eigenvalue weighted by Gasteiger charge is -2.10. The maximum atomic E-state index is 13.1. The van der Waals surface area contributed by atoms with Crippen LogP contribution in [0, 0.1) is 19.7 Å². The van der Waals surface area contributed by atoms with Crippen molar-refractivity contribution in [3.63, 3.8) is 0 Å². The van der Waals surface area contributed by atoms with Gasteiger partial charge in [0.1, 0.15) is 5.82 Å². The van der Waals surface area contributed by atoms with Crippen LogP contribution in [0.1, 0.15) is 16.7 Å². The molecule has 2 aromatic rings. The molecule has 2 amide bonds. The van der Waals surface area contributed by atoms with Crippen molar-refractivity contribution in [2.45, 2.75) is 25.2 Å². The van der Waals surface area contributed by atoms with Crippen molar-refractivity contribution in [3.05, 3.63) is 65.0 Å². The first kappa shape index (κ1) is 22.5. The summed E-state index contributed by atoms with van der Waals surface area (Å²) in [4.78, 5) is 23.7. The fourth-order valence-electron chi connectivity index (χ4n) is 2.47. The van der Waals surface area contributed by atoms with Crippen LogP contribution in [0.4, 0.5) is 4.39 Å². The van der Waals surface area contributed by atoms with Crippen molar-refractivity contribution < 1.29 is 22.4 Å². The van der Waals surface area contributed by atoms with Gasteiger partial charge in [-0.3, -0.25) is 9.59 Å². The standard InChI is InChI=1S/C20H24FN3O4S/c1-14-6-7-18(10-15(14)2)29(27,28)24-13-20(26)23-12-19(25)22-9-8-16-4-3-5-17(21)11-16/h3-7,10-11,24H,8-9,12-13H2,1-2H3,(H,22,25)(H,23,26). The number of aryl methyl sites for hydroxylation is 2. The van der Waals surface area contributed by atoms with Gasteiger partial charge in [-0.2, -0.15) is 0 Å². The van der Waals surface area contributed by atoms with Crippen LogP contribution in [-0.2, 0) is 26.0 Å². The number of amides is 2. The molecule has 0 fully saturated rings. The topological polar surface area (TPSA) is 104 Å². The highest BCUT2D eigenvalue weighted by Crippen LogP contribution is 2.14. The number of halogens is 1. The Morgan fingerprint density at radius 3 is 2.34 bits per heavy atom. The lowest BCUT2D eigenvalue weighted by molar-refractivity contribution is -0.125. The van der Waals surface area contributed by atoms with Gasteiger partial charge in [0.05, 0.1) is 18.0 Å². The van der Waals surface area contributed by atoms with Gasteiger partial charge in [-0.1, -0.05) is 18.2 Å². The van der Waals surface area contributed by atoms with Gasteiger partial charge >= 0.3 is 0 Å². The highest BCUT2D eigenvalue weighted by Gasteiger charge is 2.16. The summed E-state index contributed by atoms with van der Waals surface area (Å²) in [5.74, 6) is -1.39. The zero-order chi connectivity index (χ0) is 21.4. The van der Waals surface area contributed by atoms with E-state index in [1.165, 1.54) is 24.3 Å². The van der Waals surface area contributed by atoms with Gasteiger partial charge in [0.2, 0.25) is 21.8 Å². The lowest BCUT2D eigenvalue weighted by atomic mass is 10.1. The van der Waals surface area contributed by atoms with E-state index in [9.17, 15) is 22.4 Å². The number of carbonyl (C=O) groups is 2. The molecule has 2 aromatic carbocycles. The van der Waals surface area contributed by atoms with Gasteiger partial charge in [-0.25, -0.2) is 17.5 Å². The number of hydrogen-bond acceptors (Lipinski definition) is 4. The Hall–Kier alpha value is -2.78. The molecule has 0 saturated heterocycles. The summed E-state index contributed by atoms with van der Waals surface area (Å²) in [6.45, 7) is 3.19. The van der Waals surface area contributed by atoms with Gasteiger partial charge in [0.25, 0.3) is 0 Å². The van der Waals surface area contributed by atoms with Crippen LogP contribution >= 0.6 is 0 Å². The summed E-state index contributed by atoms with van der Waals surface area (Å²) >= 11 is 0. The third kappa shape index (κ3) is 7.28. The summed E-state index contributed by atoms with van der Waals surface area (Å²) < 4.78 is 39.8. The third-order valence-electron chi connectivity index (χ3n) is 4.28. The molecule has 0 bridgehead atoms. The minimum atomic E-state index is -3.82. The quantitative estimate of drug-likeness (QED) is 0.566. The largest absolute Gasteiger partial charge is 0.354 e. The molecule has 29 heavy (non-hydrogen) atoms. The Bertz CT molecular complexity index is 993. The molecule has 9 heteroatoms. The second-order valence-electron chi connectivity index (χ2n) is 6.58. The molecule has 0 aliphatic carbocycles. The predicted molar refractivity (Wildman–Crippen MR) is 107 cm³/mol. The molecule has 0 aromatic heterocycles. The van der Waals surface area contributed by atoms with Crippen LogP contribution in [0.5, 0.6) is 0 Å². The molecular formula is C20H24FN3O4S. The third-order valence-corrected chi connectivity index (χ3v) is 5.68. The first-order valence-corrected chi connectivity index (χ1v) is 10.5. The summed E-state index contributed by atoms with van der Waals surface area (Å²) in [7, 11) is -3.82. The van der Waals surface area contributed by atoms with Crippen molar-refractivity contribution in [2.24, 2.45) is 0 Å². The van der Waals surface area contributed by atoms with Gasteiger partial charge in [0.15, 0.2) is 0 Å². The van der Waals surface area contributed by atoms with Crippen molar-refractivity contribution in [2.75, 3.05) is 19.6 Å². The smallest absolute Gasteiger partial charge is 0.241 e. The van der Waals surface area contributed by atoms with Crippen LogP contribution in [0.25, 0.3) is 0 Å². The molecular weight excluding hydrogens is 397 g/mol. The highest BCUT2D eigenvalue weighted by molar-refractivity contribution is 7.89. The predicted octanol–water partition coefficient (Wildman–Crippen LogP) is 1.20. The summed E-state index contributed by atoms with van der Waals surface area (Å²) in [6.07, 6.45) is 0.452. The Labute approximate surface area is 169 Å². The van der Waals surface area contributed by atoms with Crippen LogP contribution in [0.15, 0.2) is 47.4 Å². The van der Waals surface area contributed by atoms with E-state index in [1.807, 2.05) is 6.92 Å². The fraction of sp³-hybridized carbons (Fsp3) is 0.300. The molecule has 3 N–H and O–H groups in total. The van der Waals surface area contributed by atoms with Crippen LogP contribution in [-0.4, -0.2) is 39.9 Å². The number of nitrogens with one attached hydrogen (secondary N) is 3. The number of sulfonamides is 1. The Morgan fingerprint density at radius 1 is 0.931 bits per heavy atom. The van der Waals surface area contributed by atoms with Gasteiger partial charge in [0, 0.05) is 6.54 Å². The molecule has 156 valence electrons. The zero-order valence-electron chi connectivity index (χ0n) is 16.3. The van der Waals surface area contributed by atoms with E-state index < -0.39 is 28.4 Å². The van der Waals surface area contributed by atoms with Gasteiger partial charge in [-0.15, -0.1) is 0 Å². The first-order chi connectivity index (χ1) is 13.7. The molecule has 0 saturated carbocycles. The van der Waals surface area contributed by atoms with Crippen LogP contribution in [0.3, 0.4) is 0 Å². The van der Waals surface area contributed by atoms with Crippen LogP contribution in [0.2, 0.25) is 0 Å². The van der Waals surface area contributed by atoms with Gasteiger partial charge in [-0.05, 0) is 61.2 Å². The monoisotopic (exact) mass is 421 g/mol. The first-order valence-electron chi connectivity index (χ1n) is 9.02. The summed E-state index contributed by atoms with van der Waals surface area (Å²) in [6, 6.07) is 10.8. The molecule has 0 heterocycles. The molecule has 0 spiro atoms. The SMILES string of the molecule is Cc1ccc(S(=O)(=O)NCC(=O)NCC(=O)NCCc2cccc(F)c2)cc1C. The second kappa shape index (κ2) is 10.1. The average Bonchev–Trinajstić information content (AvgIpc) is 2.67. The van der Waals surface area contributed by atoms with E-state index in [-0.39, 0.29) is 23.8 Å². The number of carbonyl (C=O) groups excluding carboxylic acids is 2. The minimum Gasteiger partial charge on any atom is -0.354 e. The summed E-state index contributed by atoms with van der Waals surface area (Å²) in [5, 5.41) is 4.95. The van der Waals surface area contributed by atoms with E-state index >= 15 is 0 Å². The molecule has 0 radical (unpaired) electrons. The molecule has 2 rings (SSSR count). The van der Waals surface area contributed by atoms with Crippen LogP contribution < -0.4 is 15.4 Å². The highest BCUT2D eigenvalue weighted by atomic mass is 32.2. The van der Waals surface area contributed by atoms with Crippen molar-refractivity contribution in [3.8, 4) is 0 Å². The number of hydrogen-bond donors (Lipinski definition) is 3. The van der Waals surface area contributed by atoms with E-state index in [1.54, 1.807) is 25.1 Å². The summed E-state index contributed by atoms with van der Waals surface area (Å²) in [5.41, 5.74) is 2.53. The normalized spacial score (nSPS) is 11.1. The fourth-order valence-corrected chi connectivity index (χ4v) is 3.53. The maximum absolute atomic E-state index is 13.1. The van der Waals surface area contributed by atoms with Crippen molar-refractivity contribution >= 4 is 21.8 Å². The van der Waals surface area contributed by atoms with Crippen molar-refractivity contribution in [1.82, 2.24) is 15.4 Å². The second-order valence-corrected chi connectivity index (χ2v) is 8.34. The Kier molecular flexibility index (Phi) is 7.86. The molecule has 0 aliphatic rings. The van der Waals surface area contributed by atoms with Gasteiger partial charge < -0.3 is 10.6 Å². The van der Waals surface area contributed by atoms with E-state index in [0.29, 0.717) is 6.42 Å². The molecule has 0 unspecified atom stereocenters. The zero-order valence-corrected chi connectivity index (χ0v) is 17.1. The Balaban J connectivity index is 1.71. The lowest BCUT2D eigenvalue weighted by Crippen LogP contribution is -2.42.